The van der Waals surface area contributed by atoms with Gasteiger partial charge in [-0.05, 0) is 50.2 Å². The van der Waals surface area contributed by atoms with Crippen LogP contribution in [-0.2, 0) is 4.79 Å². The molecular weight excluding hydrogens is 370 g/mol. The summed E-state index contributed by atoms with van der Waals surface area (Å²) < 4.78 is 1.38. The minimum Gasteiger partial charge on any atom is -0.335 e. The molecule has 0 spiro atoms. The van der Waals surface area contributed by atoms with E-state index in [1.807, 2.05) is 43.3 Å². The Balaban J connectivity index is 1.69. The zero-order chi connectivity index (χ0) is 18.7. The van der Waals surface area contributed by atoms with Crippen LogP contribution in [0.2, 0.25) is 5.02 Å². The number of halogens is 1. The fourth-order valence-electron chi connectivity index (χ4n) is 2.25. The number of amides is 1. The van der Waals surface area contributed by atoms with Crippen LogP contribution in [0.5, 0.6) is 0 Å². The molecule has 8 heteroatoms. The lowest BCUT2D eigenvalue weighted by molar-refractivity contribution is -0.115. The summed E-state index contributed by atoms with van der Waals surface area (Å²) in [7, 11) is 0. The van der Waals surface area contributed by atoms with Crippen molar-refractivity contribution >= 4 is 35.0 Å². The summed E-state index contributed by atoms with van der Waals surface area (Å²) in [6.45, 7) is 3.79. The highest BCUT2D eigenvalue weighted by atomic mass is 35.5. The van der Waals surface area contributed by atoms with Crippen molar-refractivity contribution in [2.75, 3.05) is 11.2 Å². The fourth-order valence-corrected chi connectivity index (χ4v) is 3.14. The average Bonchev–Trinajstić information content (AvgIpc) is 2.98. The molecular formula is C18H18ClN5OS. The van der Waals surface area contributed by atoms with Crippen molar-refractivity contribution in [1.82, 2.24) is 14.9 Å². The number of carbonyl (C=O) groups is 1. The quantitative estimate of drug-likeness (QED) is 0.514. The van der Waals surface area contributed by atoms with E-state index in [1.165, 1.54) is 16.4 Å². The molecule has 0 fully saturated rings. The number of thioether (sulfide) groups is 1. The maximum Gasteiger partial charge on any atom is 0.237 e. The zero-order valence-electron chi connectivity index (χ0n) is 14.3. The Kier molecular flexibility index (Phi) is 5.49. The van der Waals surface area contributed by atoms with Gasteiger partial charge < -0.3 is 11.2 Å². The van der Waals surface area contributed by atoms with Crippen LogP contribution in [0.3, 0.4) is 0 Å². The van der Waals surface area contributed by atoms with E-state index in [9.17, 15) is 4.79 Å². The summed E-state index contributed by atoms with van der Waals surface area (Å²) >= 11 is 7.15. The minimum absolute atomic E-state index is 0.130. The van der Waals surface area contributed by atoms with E-state index in [1.54, 1.807) is 19.1 Å². The third kappa shape index (κ3) is 4.17. The number of hydrogen-bond acceptors (Lipinski definition) is 5. The van der Waals surface area contributed by atoms with Crippen LogP contribution in [0.4, 0.5) is 5.69 Å². The van der Waals surface area contributed by atoms with Gasteiger partial charge in [-0.15, -0.1) is 10.2 Å². The highest BCUT2D eigenvalue weighted by Gasteiger charge is 2.20. The van der Waals surface area contributed by atoms with Crippen molar-refractivity contribution in [2.45, 2.75) is 24.3 Å². The van der Waals surface area contributed by atoms with Crippen LogP contribution >= 0.6 is 23.4 Å². The second-order valence-electron chi connectivity index (χ2n) is 5.80. The van der Waals surface area contributed by atoms with Gasteiger partial charge in [0.15, 0.2) is 5.82 Å². The second-order valence-corrected chi connectivity index (χ2v) is 7.54. The highest BCUT2D eigenvalue weighted by Crippen LogP contribution is 2.26. The van der Waals surface area contributed by atoms with Crippen molar-refractivity contribution in [3.63, 3.8) is 0 Å². The van der Waals surface area contributed by atoms with Gasteiger partial charge >= 0.3 is 0 Å². The molecule has 3 rings (SSSR count). The number of rotatable bonds is 5. The van der Waals surface area contributed by atoms with Gasteiger partial charge in [-0.1, -0.05) is 41.1 Å². The second kappa shape index (κ2) is 7.80. The zero-order valence-corrected chi connectivity index (χ0v) is 15.9. The van der Waals surface area contributed by atoms with E-state index in [0.29, 0.717) is 16.0 Å². The van der Waals surface area contributed by atoms with Crippen LogP contribution in [0, 0.1) is 6.92 Å². The number of benzene rings is 2. The van der Waals surface area contributed by atoms with E-state index in [4.69, 9.17) is 17.4 Å². The summed E-state index contributed by atoms with van der Waals surface area (Å²) in [5.41, 5.74) is 2.69. The minimum atomic E-state index is -0.388. The highest BCUT2D eigenvalue weighted by molar-refractivity contribution is 8.00. The number of carbonyl (C=O) groups excluding carboxylic acids is 1. The molecule has 1 aromatic heterocycles. The van der Waals surface area contributed by atoms with E-state index >= 15 is 0 Å². The molecule has 0 aliphatic carbocycles. The van der Waals surface area contributed by atoms with Crippen LogP contribution in [-0.4, -0.2) is 26.0 Å². The number of aromatic nitrogens is 3. The summed E-state index contributed by atoms with van der Waals surface area (Å²) in [5.74, 6) is 6.48. The van der Waals surface area contributed by atoms with Crippen molar-refractivity contribution in [3.8, 4) is 11.4 Å². The van der Waals surface area contributed by atoms with Crippen LogP contribution < -0.4 is 11.2 Å². The molecule has 0 unspecified atom stereocenters. The number of aryl methyl sites for hydroxylation is 1. The number of anilines is 1. The summed E-state index contributed by atoms with van der Waals surface area (Å²) in [4.78, 5) is 12.4. The molecule has 3 N–H and O–H groups in total. The van der Waals surface area contributed by atoms with Gasteiger partial charge in [0.1, 0.15) is 0 Å². The van der Waals surface area contributed by atoms with Crippen molar-refractivity contribution < 1.29 is 4.79 Å². The van der Waals surface area contributed by atoms with Crippen molar-refractivity contribution in [3.05, 3.63) is 59.1 Å². The molecule has 1 heterocycles. The number of nitrogen functional groups attached to an aromatic ring is 1. The third-order valence-corrected chi connectivity index (χ3v) is 5.05. The molecule has 1 amide bonds. The molecule has 3 aromatic rings. The molecule has 1 atom stereocenters. The van der Waals surface area contributed by atoms with Crippen molar-refractivity contribution in [2.24, 2.45) is 0 Å². The maximum atomic E-state index is 12.4. The predicted molar refractivity (Wildman–Crippen MR) is 106 cm³/mol. The molecule has 0 radical (unpaired) electrons. The topological polar surface area (TPSA) is 85.8 Å². The van der Waals surface area contributed by atoms with E-state index in [0.717, 1.165) is 16.8 Å². The van der Waals surface area contributed by atoms with Gasteiger partial charge in [0.05, 0.1) is 5.25 Å². The normalized spacial score (nSPS) is 12.0. The Morgan fingerprint density at radius 3 is 2.46 bits per heavy atom. The molecule has 0 aliphatic heterocycles. The molecule has 6 nitrogen and oxygen atoms in total. The molecule has 26 heavy (non-hydrogen) atoms. The lowest BCUT2D eigenvalue weighted by atomic mass is 10.2. The van der Waals surface area contributed by atoms with Crippen LogP contribution in [0.15, 0.2) is 53.7 Å². The summed E-state index contributed by atoms with van der Waals surface area (Å²) in [6.07, 6.45) is 0. The predicted octanol–water partition coefficient (Wildman–Crippen LogP) is 3.74. The number of hydrogen-bond donors (Lipinski definition) is 2. The van der Waals surface area contributed by atoms with Gasteiger partial charge in [0.2, 0.25) is 11.1 Å². The number of nitrogens with one attached hydrogen (secondary N) is 1. The van der Waals surface area contributed by atoms with Crippen molar-refractivity contribution in [1.29, 1.82) is 0 Å². The van der Waals surface area contributed by atoms with Gasteiger partial charge in [-0.2, -0.15) is 0 Å². The maximum absolute atomic E-state index is 12.4. The lowest BCUT2D eigenvalue weighted by Crippen LogP contribution is -2.23. The Morgan fingerprint density at radius 1 is 1.15 bits per heavy atom. The smallest absolute Gasteiger partial charge is 0.237 e. The van der Waals surface area contributed by atoms with E-state index < -0.39 is 0 Å². The number of nitrogens with two attached hydrogens (primary N) is 1. The monoisotopic (exact) mass is 387 g/mol. The first-order chi connectivity index (χ1) is 12.4. The Morgan fingerprint density at radius 2 is 1.81 bits per heavy atom. The van der Waals surface area contributed by atoms with Gasteiger partial charge in [0.25, 0.3) is 0 Å². The first kappa shape index (κ1) is 18.3. The molecule has 2 aromatic carbocycles. The van der Waals surface area contributed by atoms with E-state index in [2.05, 4.69) is 15.5 Å². The average molecular weight is 388 g/mol. The SMILES string of the molecule is Cc1ccc(NC(=O)[C@H](C)Sc2nnc(-c3ccc(Cl)cc3)n2N)cc1. The summed E-state index contributed by atoms with van der Waals surface area (Å²) in [6, 6.07) is 14.8. The summed E-state index contributed by atoms with van der Waals surface area (Å²) in [5, 5.41) is 11.8. The molecule has 0 aliphatic rings. The molecule has 134 valence electrons. The first-order valence-corrected chi connectivity index (χ1v) is 9.20. The number of nitrogens with zero attached hydrogens (tertiary/aromatic N) is 3. The Bertz CT molecular complexity index is 908. The fraction of sp³-hybridized carbons (Fsp3) is 0.167. The molecule has 0 saturated heterocycles. The molecule has 0 saturated carbocycles. The van der Waals surface area contributed by atoms with E-state index in [-0.39, 0.29) is 11.2 Å². The standard InChI is InChI=1S/C18H18ClN5OS/c1-11-3-9-15(10-4-11)21-17(25)12(2)26-18-23-22-16(24(18)20)13-5-7-14(19)8-6-13/h3-10,12H,20H2,1-2H3,(H,21,25)/t12-/m0/s1. The van der Waals surface area contributed by atoms with Crippen LogP contribution in [0.1, 0.15) is 12.5 Å². The third-order valence-electron chi connectivity index (χ3n) is 3.74. The Labute approximate surface area is 160 Å². The molecule has 0 bridgehead atoms. The van der Waals surface area contributed by atoms with Gasteiger partial charge in [0, 0.05) is 16.3 Å². The van der Waals surface area contributed by atoms with Gasteiger partial charge in [-0.25, -0.2) is 4.68 Å². The lowest BCUT2D eigenvalue weighted by Gasteiger charge is -2.11. The Hall–Kier alpha value is -2.51. The first-order valence-electron chi connectivity index (χ1n) is 7.94. The largest absolute Gasteiger partial charge is 0.335 e. The van der Waals surface area contributed by atoms with Gasteiger partial charge in [-0.3, -0.25) is 4.79 Å². The van der Waals surface area contributed by atoms with Crippen LogP contribution in [0.25, 0.3) is 11.4 Å².